The molecule has 0 spiro atoms. The molecule has 0 saturated carbocycles. The molecule has 1 aromatic heterocycles. The average Bonchev–Trinajstić information content (AvgIpc) is 2.98. The molecular weight excluding hydrogens is 452 g/mol. The number of hydrogen-bond acceptors (Lipinski definition) is 4. The van der Waals surface area contributed by atoms with Crippen LogP contribution in [-0.2, 0) is 0 Å². The summed E-state index contributed by atoms with van der Waals surface area (Å²) in [7, 11) is 0. The average molecular weight is 460 g/mol. The predicted octanol–water partition coefficient (Wildman–Crippen LogP) is 4.85. The lowest BCUT2D eigenvalue weighted by atomic mass is 10.2. The fourth-order valence-corrected chi connectivity index (χ4v) is 3.12. The normalized spacial score (nSPS) is 10.6. The van der Waals surface area contributed by atoms with E-state index in [1.165, 1.54) is 18.2 Å². The van der Waals surface area contributed by atoms with Crippen molar-refractivity contribution in [3.8, 4) is 11.4 Å². The van der Waals surface area contributed by atoms with Crippen LogP contribution in [0.1, 0.15) is 10.4 Å². The minimum absolute atomic E-state index is 0.357. The first-order chi connectivity index (χ1) is 11.0. The number of hydrogen-bond donors (Lipinski definition) is 1. The minimum Gasteiger partial charge on any atom is -0.297 e. The van der Waals surface area contributed by atoms with Crippen LogP contribution in [0.5, 0.6) is 0 Å². The zero-order valence-corrected chi connectivity index (χ0v) is 15.1. The fraction of sp³-hybridized carbons (Fsp3) is 0. The van der Waals surface area contributed by atoms with Crippen molar-refractivity contribution in [3.05, 3.63) is 62.4 Å². The van der Waals surface area contributed by atoms with Gasteiger partial charge in [0.25, 0.3) is 5.91 Å². The maximum atomic E-state index is 13.2. The summed E-state index contributed by atoms with van der Waals surface area (Å²) in [5.41, 5.74) is 1.13. The van der Waals surface area contributed by atoms with Gasteiger partial charge in [-0.15, -0.1) is 0 Å². The standard InChI is InChI=1S/C15H8ClFIN3OS/c16-10-3-1-2-8(6-10)13-19-15(23-21-13)20-14(22)9-4-5-11(17)12(18)7-9/h1-7H,(H,19,20,21,22). The highest BCUT2D eigenvalue weighted by molar-refractivity contribution is 14.1. The molecule has 23 heavy (non-hydrogen) atoms. The second kappa shape index (κ2) is 6.90. The number of nitrogens with one attached hydrogen (secondary N) is 1. The second-order valence-corrected chi connectivity index (χ2v) is 6.87. The molecule has 8 heteroatoms. The molecule has 0 atom stereocenters. The molecule has 0 aliphatic carbocycles. The predicted molar refractivity (Wildman–Crippen MR) is 97.4 cm³/mol. The van der Waals surface area contributed by atoms with Crippen LogP contribution >= 0.6 is 45.7 Å². The first kappa shape index (κ1) is 16.3. The molecule has 2 aromatic carbocycles. The smallest absolute Gasteiger partial charge is 0.257 e. The molecule has 3 rings (SSSR count). The van der Waals surface area contributed by atoms with Gasteiger partial charge in [-0.2, -0.15) is 9.36 Å². The Bertz CT molecular complexity index is 887. The Morgan fingerprint density at radius 3 is 2.83 bits per heavy atom. The number of halogens is 3. The van der Waals surface area contributed by atoms with Gasteiger partial charge in [-0.25, -0.2) is 4.39 Å². The molecule has 0 aliphatic rings. The Morgan fingerprint density at radius 1 is 1.26 bits per heavy atom. The van der Waals surface area contributed by atoms with Gasteiger partial charge in [0, 0.05) is 31.3 Å². The van der Waals surface area contributed by atoms with Crippen molar-refractivity contribution < 1.29 is 9.18 Å². The largest absolute Gasteiger partial charge is 0.297 e. The van der Waals surface area contributed by atoms with Gasteiger partial charge in [0.1, 0.15) is 5.82 Å². The van der Waals surface area contributed by atoms with Crippen molar-refractivity contribution >= 4 is 56.8 Å². The maximum absolute atomic E-state index is 13.2. The van der Waals surface area contributed by atoms with Crippen LogP contribution in [0.4, 0.5) is 9.52 Å². The highest BCUT2D eigenvalue weighted by Gasteiger charge is 2.12. The van der Waals surface area contributed by atoms with E-state index in [2.05, 4.69) is 14.7 Å². The second-order valence-electron chi connectivity index (χ2n) is 4.52. The van der Waals surface area contributed by atoms with Crippen molar-refractivity contribution in [2.45, 2.75) is 0 Å². The van der Waals surface area contributed by atoms with Crippen molar-refractivity contribution in [2.24, 2.45) is 0 Å². The van der Waals surface area contributed by atoms with E-state index < -0.39 is 0 Å². The molecule has 1 heterocycles. The topological polar surface area (TPSA) is 54.9 Å². The Hall–Kier alpha value is -1.58. The minimum atomic E-state index is -0.364. The Morgan fingerprint density at radius 2 is 2.09 bits per heavy atom. The van der Waals surface area contributed by atoms with E-state index in [1.807, 2.05) is 28.7 Å². The van der Waals surface area contributed by atoms with Crippen LogP contribution in [0.2, 0.25) is 5.02 Å². The van der Waals surface area contributed by atoms with Crippen molar-refractivity contribution in [2.75, 3.05) is 5.32 Å². The summed E-state index contributed by atoms with van der Waals surface area (Å²) >= 11 is 8.85. The maximum Gasteiger partial charge on any atom is 0.257 e. The first-order valence-electron chi connectivity index (χ1n) is 6.39. The summed E-state index contributed by atoms with van der Waals surface area (Å²) in [6.07, 6.45) is 0. The zero-order valence-electron chi connectivity index (χ0n) is 11.4. The molecule has 1 N–H and O–H groups in total. The molecule has 0 saturated heterocycles. The van der Waals surface area contributed by atoms with Crippen LogP contribution in [0, 0.1) is 9.39 Å². The SMILES string of the molecule is O=C(Nc1nc(-c2cccc(Cl)c2)ns1)c1ccc(F)c(I)c1. The van der Waals surface area contributed by atoms with E-state index >= 15 is 0 Å². The third-order valence-corrected chi connectivity index (χ3v) is 4.60. The number of amides is 1. The van der Waals surface area contributed by atoms with Gasteiger partial charge in [-0.1, -0.05) is 23.7 Å². The number of nitrogens with zero attached hydrogens (tertiary/aromatic N) is 2. The van der Waals surface area contributed by atoms with Crippen molar-refractivity contribution in [3.63, 3.8) is 0 Å². The molecule has 0 unspecified atom stereocenters. The van der Waals surface area contributed by atoms with Gasteiger partial charge in [-0.05, 0) is 52.9 Å². The van der Waals surface area contributed by atoms with E-state index in [0.29, 0.717) is 25.1 Å². The number of benzene rings is 2. The molecular formula is C15H8ClFIN3OS. The number of anilines is 1. The monoisotopic (exact) mass is 459 g/mol. The molecule has 0 aliphatic heterocycles. The highest BCUT2D eigenvalue weighted by atomic mass is 127. The van der Waals surface area contributed by atoms with Gasteiger partial charge in [0.2, 0.25) is 5.13 Å². The summed E-state index contributed by atoms with van der Waals surface area (Å²) < 4.78 is 17.8. The number of carbonyl (C=O) groups excluding carboxylic acids is 1. The van der Waals surface area contributed by atoms with Crippen LogP contribution in [0.15, 0.2) is 42.5 Å². The highest BCUT2D eigenvalue weighted by Crippen LogP contribution is 2.24. The van der Waals surface area contributed by atoms with Gasteiger partial charge >= 0.3 is 0 Å². The number of carbonyl (C=O) groups is 1. The van der Waals surface area contributed by atoms with E-state index in [1.54, 1.807) is 18.2 Å². The molecule has 0 fully saturated rings. The van der Waals surface area contributed by atoms with E-state index in [0.717, 1.165) is 17.1 Å². The molecule has 0 radical (unpaired) electrons. The molecule has 4 nitrogen and oxygen atoms in total. The van der Waals surface area contributed by atoms with Gasteiger partial charge in [-0.3, -0.25) is 10.1 Å². The Balaban J connectivity index is 1.78. The van der Waals surface area contributed by atoms with Crippen LogP contribution in [0.25, 0.3) is 11.4 Å². The lowest BCUT2D eigenvalue weighted by Crippen LogP contribution is -2.12. The van der Waals surface area contributed by atoms with E-state index in [-0.39, 0.29) is 11.7 Å². The Labute approximate surface area is 154 Å². The third-order valence-electron chi connectivity index (χ3n) is 2.91. The zero-order chi connectivity index (χ0) is 16.4. The molecule has 116 valence electrons. The molecule has 0 bridgehead atoms. The Kier molecular flexibility index (Phi) is 4.88. The molecule has 1 amide bonds. The third kappa shape index (κ3) is 3.85. The lowest BCUT2D eigenvalue weighted by molar-refractivity contribution is 0.102. The first-order valence-corrected chi connectivity index (χ1v) is 8.62. The van der Waals surface area contributed by atoms with Crippen molar-refractivity contribution in [1.82, 2.24) is 9.36 Å². The van der Waals surface area contributed by atoms with Crippen LogP contribution < -0.4 is 5.32 Å². The van der Waals surface area contributed by atoms with E-state index in [4.69, 9.17) is 11.6 Å². The number of rotatable bonds is 3. The summed E-state index contributed by atoms with van der Waals surface area (Å²) in [5.74, 6) is -0.237. The summed E-state index contributed by atoms with van der Waals surface area (Å²) in [4.78, 5) is 16.4. The summed E-state index contributed by atoms with van der Waals surface area (Å²) in [6.45, 7) is 0. The van der Waals surface area contributed by atoms with Crippen LogP contribution in [-0.4, -0.2) is 15.3 Å². The fourth-order valence-electron chi connectivity index (χ4n) is 1.83. The van der Waals surface area contributed by atoms with Gasteiger partial charge in [0.15, 0.2) is 5.82 Å². The van der Waals surface area contributed by atoms with Gasteiger partial charge < -0.3 is 0 Å². The van der Waals surface area contributed by atoms with Crippen LogP contribution in [0.3, 0.4) is 0 Å². The summed E-state index contributed by atoms with van der Waals surface area (Å²) in [6, 6.07) is 11.3. The van der Waals surface area contributed by atoms with Gasteiger partial charge in [0.05, 0.1) is 0 Å². The quantitative estimate of drug-likeness (QED) is 0.570. The van der Waals surface area contributed by atoms with E-state index in [9.17, 15) is 9.18 Å². The lowest BCUT2D eigenvalue weighted by Gasteiger charge is -2.02. The summed E-state index contributed by atoms with van der Waals surface area (Å²) in [5, 5.41) is 3.61. The molecule has 3 aromatic rings. The van der Waals surface area contributed by atoms with Crippen molar-refractivity contribution in [1.29, 1.82) is 0 Å². The number of aromatic nitrogens is 2.